The Morgan fingerprint density at radius 3 is 3.12 bits per heavy atom. The van der Waals surface area contributed by atoms with Gasteiger partial charge < -0.3 is 10.6 Å². The Bertz CT molecular complexity index is 295. The van der Waals surface area contributed by atoms with Crippen molar-refractivity contribution in [2.75, 3.05) is 13.1 Å². The molecule has 1 saturated heterocycles. The molecule has 2 heterocycles. The van der Waals surface area contributed by atoms with Gasteiger partial charge in [-0.05, 0) is 26.3 Å². The molecule has 1 aliphatic heterocycles. The second-order valence-corrected chi connectivity index (χ2v) is 4.41. The zero-order valence-electron chi connectivity index (χ0n) is 9.82. The smallest absolute Gasteiger partial charge is 0.0753 e. The highest BCUT2D eigenvalue weighted by atomic mass is 15.0. The zero-order valence-corrected chi connectivity index (χ0v) is 9.82. The van der Waals surface area contributed by atoms with Crippen molar-refractivity contribution in [2.24, 2.45) is 0 Å². The summed E-state index contributed by atoms with van der Waals surface area (Å²) in [6, 6.07) is 0.894. The lowest BCUT2D eigenvalue weighted by atomic mass is 10.0. The first-order valence-electron chi connectivity index (χ1n) is 6.09. The molecule has 4 heteroatoms. The maximum Gasteiger partial charge on any atom is 0.0753 e. The summed E-state index contributed by atoms with van der Waals surface area (Å²) in [6.07, 6.45) is 9.21. The van der Waals surface area contributed by atoms with Crippen LogP contribution in [-0.2, 0) is 0 Å². The van der Waals surface area contributed by atoms with Gasteiger partial charge >= 0.3 is 0 Å². The third-order valence-electron chi connectivity index (χ3n) is 3.11. The van der Waals surface area contributed by atoms with E-state index < -0.39 is 0 Å². The fraction of sp³-hybridized carbons (Fsp3) is 0.667. The molecule has 0 bridgehead atoms. The first-order chi connectivity index (χ1) is 7.86. The van der Waals surface area contributed by atoms with E-state index in [1.807, 2.05) is 6.20 Å². The number of hydrogen-bond acceptors (Lipinski definition) is 4. The van der Waals surface area contributed by atoms with Crippen molar-refractivity contribution in [3.63, 3.8) is 0 Å². The largest absolute Gasteiger partial charge is 0.313 e. The molecule has 1 aromatic rings. The normalized spacial score (nSPS) is 22.9. The summed E-state index contributed by atoms with van der Waals surface area (Å²) < 4.78 is 0. The molecule has 1 aliphatic rings. The molecule has 0 aromatic carbocycles. The lowest BCUT2D eigenvalue weighted by Crippen LogP contribution is -2.42. The summed E-state index contributed by atoms with van der Waals surface area (Å²) in [7, 11) is 0. The monoisotopic (exact) mass is 220 g/mol. The van der Waals surface area contributed by atoms with Gasteiger partial charge in [0.1, 0.15) is 0 Å². The number of rotatable bonds is 4. The van der Waals surface area contributed by atoms with Crippen LogP contribution in [0.15, 0.2) is 18.6 Å². The third kappa shape index (κ3) is 3.25. The fourth-order valence-corrected chi connectivity index (χ4v) is 2.06. The van der Waals surface area contributed by atoms with Gasteiger partial charge in [-0.25, -0.2) is 0 Å². The standard InChI is InChI=1S/C12H20N4/c1-10(12-9-13-6-7-15-12)16-8-11-4-2-3-5-14-11/h6-7,9-11,14,16H,2-5,8H2,1H3. The topological polar surface area (TPSA) is 49.8 Å². The van der Waals surface area contributed by atoms with E-state index in [0.29, 0.717) is 6.04 Å². The Labute approximate surface area is 96.9 Å². The van der Waals surface area contributed by atoms with Crippen LogP contribution in [0.25, 0.3) is 0 Å². The molecule has 2 unspecified atom stereocenters. The second kappa shape index (κ2) is 5.92. The number of nitrogens with zero attached hydrogens (tertiary/aromatic N) is 2. The molecule has 2 rings (SSSR count). The maximum atomic E-state index is 4.30. The van der Waals surface area contributed by atoms with Gasteiger partial charge in [-0.1, -0.05) is 6.42 Å². The molecule has 0 aliphatic carbocycles. The highest BCUT2D eigenvalue weighted by Gasteiger charge is 2.14. The van der Waals surface area contributed by atoms with Crippen LogP contribution in [0.1, 0.15) is 37.9 Å². The molecule has 4 nitrogen and oxygen atoms in total. The molecular weight excluding hydrogens is 200 g/mol. The number of piperidine rings is 1. The second-order valence-electron chi connectivity index (χ2n) is 4.41. The quantitative estimate of drug-likeness (QED) is 0.802. The highest BCUT2D eigenvalue weighted by Crippen LogP contribution is 2.09. The van der Waals surface area contributed by atoms with Gasteiger partial charge in [-0.3, -0.25) is 9.97 Å². The molecule has 0 spiro atoms. The Hall–Kier alpha value is -1.00. The summed E-state index contributed by atoms with van der Waals surface area (Å²) >= 11 is 0. The fourth-order valence-electron chi connectivity index (χ4n) is 2.06. The molecule has 0 saturated carbocycles. The summed E-state index contributed by atoms with van der Waals surface area (Å²) in [5, 5.41) is 7.03. The van der Waals surface area contributed by atoms with E-state index in [2.05, 4.69) is 27.5 Å². The van der Waals surface area contributed by atoms with Gasteiger partial charge in [0.05, 0.1) is 5.69 Å². The van der Waals surface area contributed by atoms with Crippen molar-refractivity contribution in [2.45, 2.75) is 38.3 Å². The van der Waals surface area contributed by atoms with Gasteiger partial charge in [0.15, 0.2) is 0 Å². The third-order valence-corrected chi connectivity index (χ3v) is 3.11. The zero-order chi connectivity index (χ0) is 11.2. The molecule has 1 aromatic heterocycles. The first-order valence-corrected chi connectivity index (χ1v) is 6.09. The minimum atomic E-state index is 0.275. The molecule has 2 N–H and O–H groups in total. The molecule has 2 atom stereocenters. The van der Waals surface area contributed by atoms with Crippen LogP contribution >= 0.6 is 0 Å². The Kier molecular flexibility index (Phi) is 4.25. The molecular formula is C12H20N4. The Morgan fingerprint density at radius 1 is 1.50 bits per heavy atom. The van der Waals surface area contributed by atoms with Crippen molar-refractivity contribution in [3.05, 3.63) is 24.3 Å². The molecule has 1 fully saturated rings. The van der Waals surface area contributed by atoms with E-state index in [-0.39, 0.29) is 6.04 Å². The summed E-state index contributed by atoms with van der Waals surface area (Å²) in [4.78, 5) is 8.38. The van der Waals surface area contributed by atoms with Gasteiger partial charge in [-0.2, -0.15) is 0 Å². The van der Waals surface area contributed by atoms with E-state index in [1.165, 1.54) is 19.3 Å². The Balaban J connectivity index is 1.77. The highest BCUT2D eigenvalue weighted by molar-refractivity contribution is 5.00. The van der Waals surface area contributed by atoms with Crippen LogP contribution in [0, 0.1) is 0 Å². The SMILES string of the molecule is CC(NCC1CCCCN1)c1cnccn1. The average Bonchev–Trinajstić information content (AvgIpc) is 2.38. The van der Waals surface area contributed by atoms with E-state index in [1.54, 1.807) is 12.4 Å². The van der Waals surface area contributed by atoms with Gasteiger partial charge in [0.2, 0.25) is 0 Å². The van der Waals surface area contributed by atoms with Crippen molar-refractivity contribution < 1.29 is 0 Å². The van der Waals surface area contributed by atoms with E-state index in [9.17, 15) is 0 Å². The van der Waals surface area contributed by atoms with Crippen molar-refractivity contribution in [1.29, 1.82) is 0 Å². The van der Waals surface area contributed by atoms with Crippen LogP contribution < -0.4 is 10.6 Å². The first kappa shape index (κ1) is 11.5. The molecule has 0 radical (unpaired) electrons. The van der Waals surface area contributed by atoms with Gasteiger partial charge in [-0.15, -0.1) is 0 Å². The van der Waals surface area contributed by atoms with Crippen LogP contribution in [0.5, 0.6) is 0 Å². The average molecular weight is 220 g/mol. The minimum absolute atomic E-state index is 0.275. The van der Waals surface area contributed by atoms with E-state index >= 15 is 0 Å². The van der Waals surface area contributed by atoms with Crippen molar-refractivity contribution in [1.82, 2.24) is 20.6 Å². The van der Waals surface area contributed by atoms with Crippen molar-refractivity contribution in [3.8, 4) is 0 Å². The van der Waals surface area contributed by atoms with Gasteiger partial charge in [0, 0.05) is 37.2 Å². The van der Waals surface area contributed by atoms with Gasteiger partial charge in [0.25, 0.3) is 0 Å². The maximum absolute atomic E-state index is 4.30. The lowest BCUT2D eigenvalue weighted by molar-refractivity contribution is 0.370. The summed E-state index contributed by atoms with van der Waals surface area (Å²) in [5.74, 6) is 0. The van der Waals surface area contributed by atoms with Crippen molar-refractivity contribution >= 4 is 0 Å². The molecule has 0 amide bonds. The van der Waals surface area contributed by atoms with E-state index in [0.717, 1.165) is 18.8 Å². The Morgan fingerprint density at radius 2 is 2.44 bits per heavy atom. The van der Waals surface area contributed by atoms with Crippen LogP contribution in [-0.4, -0.2) is 29.1 Å². The minimum Gasteiger partial charge on any atom is -0.313 e. The van der Waals surface area contributed by atoms with E-state index in [4.69, 9.17) is 0 Å². The molecule has 16 heavy (non-hydrogen) atoms. The number of aromatic nitrogens is 2. The van der Waals surface area contributed by atoms with Crippen LogP contribution in [0.3, 0.4) is 0 Å². The number of nitrogens with one attached hydrogen (secondary N) is 2. The number of hydrogen-bond donors (Lipinski definition) is 2. The lowest BCUT2D eigenvalue weighted by Gasteiger charge is -2.25. The molecule has 88 valence electrons. The predicted molar refractivity (Wildman–Crippen MR) is 64.1 cm³/mol. The summed E-state index contributed by atoms with van der Waals surface area (Å²) in [6.45, 7) is 4.30. The predicted octanol–water partition coefficient (Wildman–Crippen LogP) is 1.27. The van der Waals surface area contributed by atoms with Crippen LogP contribution in [0.2, 0.25) is 0 Å². The summed E-state index contributed by atoms with van der Waals surface area (Å²) in [5.41, 5.74) is 1.01. The van der Waals surface area contributed by atoms with Crippen LogP contribution in [0.4, 0.5) is 0 Å².